The van der Waals surface area contributed by atoms with E-state index in [0.29, 0.717) is 36.4 Å². The first-order valence-corrected chi connectivity index (χ1v) is 6.56. The van der Waals surface area contributed by atoms with E-state index in [2.05, 4.69) is 15.0 Å². The van der Waals surface area contributed by atoms with Crippen LogP contribution in [-0.2, 0) is 4.74 Å². The number of nitrogens with zero attached hydrogens (tertiary/aromatic N) is 4. The van der Waals surface area contributed by atoms with Gasteiger partial charge >= 0.3 is 0 Å². The van der Waals surface area contributed by atoms with Crippen LogP contribution in [0.1, 0.15) is 18.9 Å². The zero-order valence-corrected chi connectivity index (χ0v) is 10.9. The number of aromatic nitrogens is 4. The number of fused-ring (bicyclic) bond motifs is 1. The van der Waals surface area contributed by atoms with Gasteiger partial charge < -0.3 is 25.3 Å². The predicted molar refractivity (Wildman–Crippen MR) is 70.8 cm³/mol. The number of ether oxygens (including phenoxy) is 1. The molecule has 1 saturated heterocycles. The summed E-state index contributed by atoms with van der Waals surface area (Å²) in [6.45, 7) is 0.474. The summed E-state index contributed by atoms with van der Waals surface area (Å²) in [6, 6.07) is -0.252. The lowest BCUT2D eigenvalue weighted by Gasteiger charge is -2.18. The number of aliphatic hydroxyl groups is 2. The summed E-state index contributed by atoms with van der Waals surface area (Å²) in [5.41, 5.74) is 6.86. The van der Waals surface area contributed by atoms with E-state index >= 15 is 0 Å². The third-order valence-electron chi connectivity index (χ3n) is 3.65. The van der Waals surface area contributed by atoms with Crippen LogP contribution in [0, 0.1) is 0 Å². The number of anilines is 1. The van der Waals surface area contributed by atoms with E-state index in [0.717, 1.165) is 0 Å². The molecule has 0 aromatic carbocycles. The maximum atomic E-state index is 10.3. The minimum absolute atomic E-state index is 0.0923. The van der Waals surface area contributed by atoms with Crippen molar-refractivity contribution in [2.75, 3.05) is 18.9 Å². The maximum Gasteiger partial charge on any atom is 0.165 e. The second kappa shape index (κ2) is 5.31. The van der Waals surface area contributed by atoms with Gasteiger partial charge in [0.1, 0.15) is 17.9 Å². The van der Waals surface area contributed by atoms with Crippen molar-refractivity contribution in [3.8, 4) is 0 Å². The van der Waals surface area contributed by atoms with Gasteiger partial charge in [-0.15, -0.1) is 0 Å². The van der Waals surface area contributed by atoms with Crippen molar-refractivity contribution >= 4 is 17.0 Å². The topological polar surface area (TPSA) is 119 Å². The van der Waals surface area contributed by atoms with Crippen molar-refractivity contribution in [2.24, 2.45) is 0 Å². The molecule has 20 heavy (non-hydrogen) atoms. The van der Waals surface area contributed by atoms with Crippen molar-refractivity contribution < 1.29 is 14.9 Å². The van der Waals surface area contributed by atoms with Crippen LogP contribution in [0.25, 0.3) is 11.2 Å². The highest BCUT2D eigenvalue weighted by Gasteiger charge is 2.37. The first-order valence-electron chi connectivity index (χ1n) is 6.56. The van der Waals surface area contributed by atoms with Crippen molar-refractivity contribution in [1.29, 1.82) is 0 Å². The molecule has 8 heteroatoms. The molecule has 3 atom stereocenters. The summed E-state index contributed by atoms with van der Waals surface area (Å²) in [5, 5.41) is 19.2. The summed E-state index contributed by atoms with van der Waals surface area (Å²) < 4.78 is 7.37. The summed E-state index contributed by atoms with van der Waals surface area (Å²) in [4.78, 5) is 12.3. The monoisotopic (exact) mass is 279 g/mol. The second-order valence-corrected chi connectivity index (χ2v) is 4.88. The van der Waals surface area contributed by atoms with Gasteiger partial charge in [-0.05, 0) is 12.8 Å². The number of hydrogen-bond donors (Lipinski definition) is 3. The fourth-order valence-corrected chi connectivity index (χ4v) is 2.57. The highest BCUT2D eigenvalue weighted by Crippen LogP contribution is 2.30. The standard InChI is InChI=1S/C12H17N5O3/c13-11-9-12(15-5-14-11)17(6-16-9)7-4-20-8(10(7)19)2-1-3-18/h5-8,10,18-19H,1-4H2,(H2,13,14,15)/t7-,8-,10+/m0/s1. The molecule has 2 aromatic heterocycles. The Morgan fingerprint density at radius 3 is 3.05 bits per heavy atom. The SMILES string of the molecule is Nc1ncnc2c1ncn2[C@H]1CO[C@@H](CCCO)[C@@H]1O. The highest BCUT2D eigenvalue weighted by atomic mass is 16.5. The first-order chi connectivity index (χ1) is 9.72. The van der Waals surface area contributed by atoms with E-state index in [9.17, 15) is 5.11 Å². The van der Waals surface area contributed by atoms with Gasteiger partial charge in [0.15, 0.2) is 11.5 Å². The fourth-order valence-electron chi connectivity index (χ4n) is 2.57. The second-order valence-electron chi connectivity index (χ2n) is 4.88. The molecule has 0 amide bonds. The quantitative estimate of drug-likeness (QED) is 0.689. The zero-order valence-electron chi connectivity index (χ0n) is 10.9. The van der Waals surface area contributed by atoms with Crippen molar-refractivity contribution in [3.63, 3.8) is 0 Å². The van der Waals surface area contributed by atoms with Crippen LogP contribution < -0.4 is 5.73 Å². The molecule has 1 aliphatic rings. The normalized spacial score (nSPS) is 26.4. The molecular weight excluding hydrogens is 262 g/mol. The lowest BCUT2D eigenvalue weighted by Crippen LogP contribution is -2.28. The van der Waals surface area contributed by atoms with Gasteiger partial charge in [-0.3, -0.25) is 0 Å². The zero-order chi connectivity index (χ0) is 14.1. The molecular formula is C12H17N5O3. The van der Waals surface area contributed by atoms with Crippen molar-refractivity contribution in [3.05, 3.63) is 12.7 Å². The lowest BCUT2D eigenvalue weighted by atomic mass is 10.1. The van der Waals surface area contributed by atoms with E-state index in [4.69, 9.17) is 15.6 Å². The molecule has 8 nitrogen and oxygen atoms in total. The number of rotatable bonds is 4. The summed E-state index contributed by atoms with van der Waals surface area (Å²) in [6.07, 6.45) is 3.27. The summed E-state index contributed by atoms with van der Waals surface area (Å²) >= 11 is 0. The highest BCUT2D eigenvalue weighted by molar-refractivity contribution is 5.81. The Bertz CT molecular complexity index is 602. The molecule has 0 radical (unpaired) electrons. The van der Waals surface area contributed by atoms with Gasteiger partial charge in [0.05, 0.1) is 25.1 Å². The van der Waals surface area contributed by atoms with Crippen LogP contribution in [0.3, 0.4) is 0 Å². The van der Waals surface area contributed by atoms with E-state index in [1.807, 2.05) is 0 Å². The van der Waals surface area contributed by atoms with Crippen LogP contribution >= 0.6 is 0 Å². The minimum atomic E-state index is -0.657. The number of nitrogens with two attached hydrogens (primary N) is 1. The van der Waals surface area contributed by atoms with Crippen molar-refractivity contribution in [2.45, 2.75) is 31.1 Å². The predicted octanol–water partition coefficient (Wildman–Crippen LogP) is -0.518. The molecule has 0 bridgehead atoms. The Morgan fingerprint density at radius 1 is 1.40 bits per heavy atom. The molecule has 108 valence electrons. The Balaban J connectivity index is 1.87. The first kappa shape index (κ1) is 13.2. The number of nitrogen functional groups attached to an aromatic ring is 1. The van der Waals surface area contributed by atoms with Gasteiger partial charge in [0.25, 0.3) is 0 Å². The lowest BCUT2D eigenvalue weighted by molar-refractivity contribution is 0.0299. The van der Waals surface area contributed by atoms with Gasteiger partial charge in [0, 0.05) is 6.61 Å². The Labute approximate surface area is 115 Å². The molecule has 0 saturated carbocycles. The molecule has 2 aromatic rings. The van der Waals surface area contributed by atoms with Gasteiger partial charge in [-0.2, -0.15) is 0 Å². The van der Waals surface area contributed by atoms with E-state index in [1.54, 1.807) is 10.9 Å². The van der Waals surface area contributed by atoms with Gasteiger partial charge in [-0.1, -0.05) is 0 Å². The summed E-state index contributed by atoms with van der Waals surface area (Å²) in [5.74, 6) is 0.319. The van der Waals surface area contributed by atoms with E-state index in [-0.39, 0.29) is 18.8 Å². The number of aliphatic hydroxyl groups excluding tert-OH is 2. The molecule has 1 fully saturated rings. The van der Waals surface area contributed by atoms with Crippen LogP contribution in [0.2, 0.25) is 0 Å². The average molecular weight is 279 g/mol. The Morgan fingerprint density at radius 2 is 2.25 bits per heavy atom. The third kappa shape index (κ3) is 2.11. The third-order valence-corrected chi connectivity index (χ3v) is 3.65. The van der Waals surface area contributed by atoms with Crippen LogP contribution in [0.5, 0.6) is 0 Å². The Hall–Kier alpha value is -1.77. The molecule has 0 aliphatic carbocycles. The Kier molecular flexibility index (Phi) is 3.51. The van der Waals surface area contributed by atoms with E-state index < -0.39 is 6.10 Å². The molecule has 1 aliphatic heterocycles. The van der Waals surface area contributed by atoms with Crippen molar-refractivity contribution in [1.82, 2.24) is 19.5 Å². The van der Waals surface area contributed by atoms with E-state index in [1.165, 1.54) is 6.33 Å². The summed E-state index contributed by atoms with van der Waals surface area (Å²) in [7, 11) is 0. The molecule has 4 N–H and O–H groups in total. The minimum Gasteiger partial charge on any atom is -0.396 e. The van der Waals surface area contributed by atoms with Gasteiger partial charge in [-0.25, -0.2) is 15.0 Å². The average Bonchev–Trinajstić information content (AvgIpc) is 3.01. The van der Waals surface area contributed by atoms with Crippen LogP contribution in [0.4, 0.5) is 5.82 Å². The maximum absolute atomic E-state index is 10.3. The number of imidazole rings is 1. The largest absolute Gasteiger partial charge is 0.396 e. The molecule has 3 rings (SSSR count). The molecule has 0 unspecified atom stereocenters. The van der Waals surface area contributed by atoms with Crippen LogP contribution in [0.15, 0.2) is 12.7 Å². The van der Waals surface area contributed by atoms with Gasteiger partial charge in [0.2, 0.25) is 0 Å². The van der Waals surface area contributed by atoms with Crippen LogP contribution in [-0.4, -0.2) is 55.2 Å². The molecule has 3 heterocycles. The smallest absolute Gasteiger partial charge is 0.165 e. The molecule has 0 spiro atoms. The fraction of sp³-hybridized carbons (Fsp3) is 0.583. The number of hydrogen-bond acceptors (Lipinski definition) is 7.